The van der Waals surface area contributed by atoms with Crippen LogP contribution in [0, 0.1) is 5.41 Å². The van der Waals surface area contributed by atoms with Gasteiger partial charge in [-0.25, -0.2) is 0 Å². The van der Waals surface area contributed by atoms with Crippen molar-refractivity contribution in [2.45, 2.75) is 52.4 Å². The van der Waals surface area contributed by atoms with Gasteiger partial charge in [0.15, 0.2) is 0 Å². The Labute approximate surface area is 125 Å². The Morgan fingerprint density at radius 2 is 1.86 bits per heavy atom. The van der Waals surface area contributed by atoms with Crippen molar-refractivity contribution in [1.82, 2.24) is 15.0 Å². The predicted molar refractivity (Wildman–Crippen MR) is 81.7 cm³/mol. The molecule has 1 aromatic rings. The van der Waals surface area contributed by atoms with Crippen molar-refractivity contribution in [1.29, 1.82) is 0 Å². The number of anilines is 2. The van der Waals surface area contributed by atoms with Crippen LogP contribution in [0.15, 0.2) is 0 Å². The smallest absolute Gasteiger partial charge is 0.323 e. The zero-order chi connectivity index (χ0) is 15.6. The van der Waals surface area contributed by atoms with Gasteiger partial charge in [0.1, 0.15) is 0 Å². The summed E-state index contributed by atoms with van der Waals surface area (Å²) in [6, 6.07) is 0.591. The first kappa shape index (κ1) is 15.8. The van der Waals surface area contributed by atoms with Crippen molar-refractivity contribution in [3.05, 3.63) is 0 Å². The highest BCUT2D eigenvalue weighted by molar-refractivity contribution is 5.37. The molecule has 0 saturated heterocycles. The predicted octanol–water partition coefficient (Wildman–Crippen LogP) is 1.93. The first-order valence-electron chi connectivity index (χ1n) is 7.26. The van der Waals surface area contributed by atoms with E-state index in [9.17, 15) is 0 Å². The lowest BCUT2D eigenvalue weighted by molar-refractivity contribution is -0.0796. The fourth-order valence-corrected chi connectivity index (χ4v) is 2.48. The second-order valence-corrected chi connectivity index (χ2v) is 6.16. The Kier molecular flexibility index (Phi) is 4.51. The summed E-state index contributed by atoms with van der Waals surface area (Å²) in [6.07, 6.45) is 1.21. The monoisotopic (exact) mass is 295 g/mol. The van der Waals surface area contributed by atoms with Gasteiger partial charge in [0.25, 0.3) is 0 Å². The largest absolute Gasteiger partial charge is 0.461 e. The molecular formula is C14H25N5O2. The van der Waals surface area contributed by atoms with Gasteiger partial charge in [-0.2, -0.15) is 15.0 Å². The third kappa shape index (κ3) is 3.34. The van der Waals surface area contributed by atoms with Crippen LogP contribution in [0.4, 0.5) is 11.9 Å². The summed E-state index contributed by atoms with van der Waals surface area (Å²) in [4.78, 5) is 12.8. The molecule has 1 aromatic heterocycles. The summed E-state index contributed by atoms with van der Waals surface area (Å²) in [5, 5.41) is 6.28. The van der Waals surface area contributed by atoms with E-state index in [2.05, 4.69) is 39.4 Å². The van der Waals surface area contributed by atoms with Crippen molar-refractivity contribution in [2.24, 2.45) is 5.41 Å². The molecule has 0 spiro atoms. The molecule has 2 unspecified atom stereocenters. The number of ether oxygens (including phenoxy) is 2. The standard InChI is InChI=1S/C14H25N5O2/c1-8(2)21-13-18-11(15-5)17-12(19-13)16-9-7-10(20-6)14(9,3)4/h8-10H,7H2,1-6H3,(H2,15,16,17,18,19). The van der Waals surface area contributed by atoms with Crippen LogP contribution < -0.4 is 15.4 Å². The average Bonchev–Trinajstić information content (AvgIpc) is 2.41. The summed E-state index contributed by atoms with van der Waals surface area (Å²) in [5.41, 5.74) is 0.0419. The minimum atomic E-state index is 0.0166. The molecule has 1 saturated carbocycles. The fourth-order valence-electron chi connectivity index (χ4n) is 2.48. The van der Waals surface area contributed by atoms with Gasteiger partial charge in [0.2, 0.25) is 11.9 Å². The Morgan fingerprint density at radius 3 is 2.38 bits per heavy atom. The number of hydrogen-bond acceptors (Lipinski definition) is 7. The SMILES string of the molecule is CNc1nc(NC2CC(OC)C2(C)C)nc(OC(C)C)n1. The van der Waals surface area contributed by atoms with Gasteiger partial charge in [-0.3, -0.25) is 0 Å². The van der Waals surface area contributed by atoms with Crippen molar-refractivity contribution in [3.63, 3.8) is 0 Å². The van der Waals surface area contributed by atoms with E-state index in [-0.39, 0.29) is 23.7 Å². The first-order chi connectivity index (χ1) is 9.86. The number of hydrogen-bond donors (Lipinski definition) is 2. The molecule has 1 aliphatic rings. The molecule has 1 heterocycles. The summed E-state index contributed by atoms with van der Waals surface area (Å²) >= 11 is 0. The highest BCUT2D eigenvalue weighted by atomic mass is 16.5. The topological polar surface area (TPSA) is 81.2 Å². The molecule has 0 aromatic carbocycles. The zero-order valence-electron chi connectivity index (χ0n) is 13.6. The van der Waals surface area contributed by atoms with E-state index >= 15 is 0 Å². The average molecular weight is 295 g/mol. The second kappa shape index (κ2) is 6.01. The zero-order valence-corrected chi connectivity index (χ0v) is 13.6. The van der Waals surface area contributed by atoms with Gasteiger partial charge >= 0.3 is 6.01 Å². The summed E-state index contributed by atoms with van der Waals surface area (Å²) < 4.78 is 11.0. The highest BCUT2D eigenvalue weighted by Gasteiger charge is 2.48. The van der Waals surface area contributed by atoms with Crippen LogP contribution in [0.1, 0.15) is 34.1 Å². The van der Waals surface area contributed by atoms with Crippen molar-refractivity contribution < 1.29 is 9.47 Å². The van der Waals surface area contributed by atoms with Gasteiger partial charge in [0, 0.05) is 25.6 Å². The van der Waals surface area contributed by atoms with E-state index in [0.29, 0.717) is 17.9 Å². The lowest BCUT2D eigenvalue weighted by Gasteiger charge is -2.51. The van der Waals surface area contributed by atoms with E-state index in [1.165, 1.54) is 0 Å². The van der Waals surface area contributed by atoms with Crippen LogP contribution in [-0.2, 0) is 4.74 Å². The third-order valence-corrected chi connectivity index (χ3v) is 3.95. The lowest BCUT2D eigenvalue weighted by Crippen LogP contribution is -2.57. The number of aromatic nitrogens is 3. The van der Waals surface area contributed by atoms with Crippen LogP contribution in [-0.4, -0.2) is 47.4 Å². The highest BCUT2D eigenvalue weighted by Crippen LogP contribution is 2.43. The van der Waals surface area contributed by atoms with Crippen molar-refractivity contribution in [3.8, 4) is 6.01 Å². The van der Waals surface area contributed by atoms with Crippen LogP contribution >= 0.6 is 0 Å². The normalized spacial score (nSPS) is 23.6. The minimum Gasteiger partial charge on any atom is -0.461 e. The summed E-state index contributed by atoms with van der Waals surface area (Å²) in [6.45, 7) is 8.23. The Hall–Kier alpha value is -1.63. The van der Waals surface area contributed by atoms with Crippen LogP contribution in [0.25, 0.3) is 0 Å². The Balaban J connectivity index is 2.13. The molecule has 0 radical (unpaired) electrons. The van der Waals surface area contributed by atoms with E-state index in [4.69, 9.17) is 9.47 Å². The lowest BCUT2D eigenvalue weighted by atomic mass is 9.64. The van der Waals surface area contributed by atoms with Crippen LogP contribution in [0.5, 0.6) is 6.01 Å². The minimum absolute atomic E-state index is 0.0166. The van der Waals surface area contributed by atoms with Gasteiger partial charge in [-0.05, 0) is 20.3 Å². The number of methoxy groups -OCH3 is 1. The Morgan fingerprint density at radius 1 is 1.19 bits per heavy atom. The van der Waals surface area contributed by atoms with Crippen LogP contribution in [0.3, 0.4) is 0 Å². The maximum atomic E-state index is 5.56. The van der Waals surface area contributed by atoms with Gasteiger partial charge in [-0.1, -0.05) is 13.8 Å². The van der Waals surface area contributed by atoms with Crippen LogP contribution in [0.2, 0.25) is 0 Å². The molecule has 0 bridgehead atoms. The molecule has 118 valence electrons. The maximum absolute atomic E-state index is 5.56. The molecule has 0 aliphatic heterocycles. The van der Waals surface area contributed by atoms with E-state index in [0.717, 1.165) is 6.42 Å². The number of nitrogens with one attached hydrogen (secondary N) is 2. The molecule has 2 rings (SSSR count). The summed E-state index contributed by atoms with van der Waals surface area (Å²) in [7, 11) is 3.52. The Bertz CT molecular complexity index is 492. The molecule has 0 amide bonds. The third-order valence-electron chi connectivity index (χ3n) is 3.95. The maximum Gasteiger partial charge on any atom is 0.323 e. The molecule has 2 atom stereocenters. The molecule has 21 heavy (non-hydrogen) atoms. The van der Waals surface area contributed by atoms with Gasteiger partial charge < -0.3 is 20.1 Å². The molecule has 7 heteroatoms. The van der Waals surface area contributed by atoms with Crippen molar-refractivity contribution in [2.75, 3.05) is 24.8 Å². The van der Waals surface area contributed by atoms with Gasteiger partial charge in [0.05, 0.1) is 12.2 Å². The number of nitrogens with zero attached hydrogens (tertiary/aromatic N) is 3. The molecule has 2 N–H and O–H groups in total. The number of rotatable bonds is 6. The molecule has 1 aliphatic carbocycles. The van der Waals surface area contributed by atoms with Crippen molar-refractivity contribution >= 4 is 11.9 Å². The van der Waals surface area contributed by atoms with E-state index < -0.39 is 0 Å². The first-order valence-corrected chi connectivity index (χ1v) is 7.26. The van der Waals surface area contributed by atoms with E-state index in [1.807, 2.05) is 13.8 Å². The fraction of sp³-hybridized carbons (Fsp3) is 0.786. The quantitative estimate of drug-likeness (QED) is 0.829. The summed E-state index contributed by atoms with van der Waals surface area (Å²) in [5.74, 6) is 1.01. The molecule has 7 nitrogen and oxygen atoms in total. The molecular weight excluding hydrogens is 270 g/mol. The van der Waals surface area contributed by atoms with E-state index in [1.54, 1.807) is 14.2 Å². The molecule has 1 fully saturated rings. The second-order valence-electron chi connectivity index (χ2n) is 6.16. The van der Waals surface area contributed by atoms with Gasteiger partial charge in [-0.15, -0.1) is 0 Å².